The Morgan fingerprint density at radius 3 is 2.58 bits per heavy atom. The van der Waals surface area contributed by atoms with Crippen molar-refractivity contribution in [3.8, 4) is 0 Å². The summed E-state index contributed by atoms with van der Waals surface area (Å²) in [5.74, 6) is 0.00317. The number of methoxy groups -OCH3 is 1. The summed E-state index contributed by atoms with van der Waals surface area (Å²) in [7, 11) is 1.42. The first-order valence-corrected chi connectivity index (χ1v) is 8.60. The summed E-state index contributed by atoms with van der Waals surface area (Å²) in [4.78, 5) is 24.7. The molecule has 0 bridgehead atoms. The van der Waals surface area contributed by atoms with Crippen LogP contribution >= 0.6 is 0 Å². The SMILES string of the molecule is COC(=O)[C@]12CC(=C3OCC(C)(C)CO3)C[C@H]1C[C@@H]1C(=O)OC[C@@H]12. The smallest absolute Gasteiger partial charge is 0.312 e. The van der Waals surface area contributed by atoms with Crippen molar-refractivity contribution in [1.29, 1.82) is 0 Å². The number of allylic oxidation sites excluding steroid dienone is 1. The molecule has 132 valence electrons. The fraction of sp³-hybridized carbons (Fsp3) is 0.778. The lowest BCUT2D eigenvalue weighted by atomic mass is 9.73. The van der Waals surface area contributed by atoms with Crippen LogP contribution in [0.1, 0.15) is 33.1 Å². The first kappa shape index (κ1) is 15.8. The summed E-state index contributed by atoms with van der Waals surface area (Å²) >= 11 is 0. The van der Waals surface area contributed by atoms with Gasteiger partial charge in [0, 0.05) is 16.9 Å². The first-order valence-electron chi connectivity index (χ1n) is 8.60. The number of carbonyl (C=O) groups is 2. The summed E-state index contributed by atoms with van der Waals surface area (Å²) in [6.45, 7) is 5.72. The van der Waals surface area contributed by atoms with E-state index in [9.17, 15) is 9.59 Å². The van der Waals surface area contributed by atoms with Gasteiger partial charge in [-0.1, -0.05) is 13.8 Å². The van der Waals surface area contributed by atoms with E-state index in [0.29, 0.717) is 38.6 Å². The molecular formula is C18H24O6. The fourth-order valence-corrected chi connectivity index (χ4v) is 4.96. The molecule has 2 aliphatic carbocycles. The second-order valence-corrected chi connectivity index (χ2v) is 8.32. The molecule has 0 aromatic heterocycles. The van der Waals surface area contributed by atoms with Crippen LogP contribution in [-0.4, -0.2) is 38.9 Å². The Labute approximate surface area is 141 Å². The Bertz CT molecular complexity index is 609. The molecule has 24 heavy (non-hydrogen) atoms. The standard InChI is InChI=1S/C18H24O6/c1-17(2)8-23-15(24-9-17)10-4-11-5-12-13(7-22-14(12)19)18(11,6-10)16(20)21-3/h11-13H,4-9H2,1-3H3/t11-,12-,13-,18+/m0/s1. The first-order chi connectivity index (χ1) is 11.4. The molecule has 0 aromatic carbocycles. The quantitative estimate of drug-likeness (QED) is 0.683. The van der Waals surface area contributed by atoms with Crippen LogP contribution < -0.4 is 0 Å². The highest BCUT2D eigenvalue weighted by Gasteiger charge is 2.67. The van der Waals surface area contributed by atoms with Gasteiger partial charge in [0.25, 0.3) is 5.95 Å². The monoisotopic (exact) mass is 336 g/mol. The average Bonchev–Trinajstić information content (AvgIpc) is 3.17. The van der Waals surface area contributed by atoms with Gasteiger partial charge in [-0.15, -0.1) is 0 Å². The molecule has 2 saturated heterocycles. The van der Waals surface area contributed by atoms with E-state index >= 15 is 0 Å². The molecular weight excluding hydrogens is 312 g/mol. The molecule has 2 saturated carbocycles. The summed E-state index contributed by atoms with van der Waals surface area (Å²) < 4.78 is 22.1. The van der Waals surface area contributed by atoms with Gasteiger partial charge in [0.1, 0.15) is 0 Å². The molecule has 4 atom stereocenters. The van der Waals surface area contributed by atoms with E-state index in [-0.39, 0.29) is 35.1 Å². The Balaban J connectivity index is 1.65. The zero-order valence-corrected chi connectivity index (χ0v) is 14.4. The van der Waals surface area contributed by atoms with Crippen LogP contribution in [0.25, 0.3) is 0 Å². The maximum atomic E-state index is 12.7. The second kappa shape index (κ2) is 5.14. The van der Waals surface area contributed by atoms with Crippen LogP contribution in [-0.2, 0) is 28.5 Å². The number of rotatable bonds is 1. The van der Waals surface area contributed by atoms with Crippen molar-refractivity contribution in [2.75, 3.05) is 26.9 Å². The molecule has 6 heteroatoms. The van der Waals surface area contributed by atoms with Gasteiger partial charge in [-0.3, -0.25) is 9.59 Å². The van der Waals surface area contributed by atoms with E-state index in [0.717, 1.165) is 12.0 Å². The van der Waals surface area contributed by atoms with Crippen LogP contribution in [0, 0.1) is 28.6 Å². The van der Waals surface area contributed by atoms with E-state index in [1.807, 2.05) is 0 Å². The fourth-order valence-electron chi connectivity index (χ4n) is 4.96. The minimum absolute atomic E-state index is 0.00458. The van der Waals surface area contributed by atoms with Crippen molar-refractivity contribution in [2.24, 2.45) is 28.6 Å². The Kier molecular flexibility index (Phi) is 3.38. The molecule has 4 fully saturated rings. The van der Waals surface area contributed by atoms with Gasteiger partial charge >= 0.3 is 11.9 Å². The Morgan fingerprint density at radius 1 is 1.21 bits per heavy atom. The number of fused-ring (bicyclic) bond motifs is 3. The van der Waals surface area contributed by atoms with E-state index < -0.39 is 5.41 Å². The third kappa shape index (κ3) is 2.07. The summed E-state index contributed by atoms with van der Waals surface area (Å²) in [5.41, 5.74) is 0.363. The third-order valence-electron chi connectivity index (χ3n) is 6.16. The lowest BCUT2D eigenvalue weighted by Crippen LogP contribution is -2.39. The number of ether oxygens (including phenoxy) is 4. The van der Waals surface area contributed by atoms with Crippen molar-refractivity contribution in [3.63, 3.8) is 0 Å². The lowest BCUT2D eigenvalue weighted by molar-refractivity contribution is -0.157. The molecule has 2 heterocycles. The topological polar surface area (TPSA) is 71.1 Å². The number of hydrogen-bond donors (Lipinski definition) is 0. The maximum absolute atomic E-state index is 12.7. The number of hydrogen-bond acceptors (Lipinski definition) is 6. The van der Waals surface area contributed by atoms with E-state index in [1.54, 1.807) is 0 Å². The van der Waals surface area contributed by atoms with E-state index in [4.69, 9.17) is 18.9 Å². The van der Waals surface area contributed by atoms with Gasteiger partial charge in [-0.25, -0.2) is 0 Å². The zero-order chi connectivity index (χ0) is 17.1. The minimum Gasteiger partial charge on any atom is -0.469 e. The second-order valence-electron chi connectivity index (χ2n) is 8.32. The van der Waals surface area contributed by atoms with Crippen molar-refractivity contribution in [3.05, 3.63) is 11.5 Å². The van der Waals surface area contributed by atoms with Gasteiger partial charge in [-0.2, -0.15) is 0 Å². The lowest BCUT2D eigenvalue weighted by Gasteiger charge is -2.33. The van der Waals surface area contributed by atoms with Gasteiger partial charge in [-0.05, 0) is 25.2 Å². The molecule has 0 aromatic rings. The van der Waals surface area contributed by atoms with Crippen molar-refractivity contribution in [1.82, 2.24) is 0 Å². The molecule has 0 radical (unpaired) electrons. The predicted molar refractivity (Wildman–Crippen MR) is 82.4 cm³/mol. The molecule has 4 aliphatic rings. The summed E-state index contributed by atoms with van der Waals surface area (Å²) in [6, 6.07) is 0. The highest BCUT2D eigenvalue weighted by atomic mass is 16.7. The third-order valence-corrected chi connectivity index (χ3v) is 6.16. The molecule has 4 rings (SSSR count). The van der Waals surface area contributed by atoms with Crippen molar-refractivity contribution >= 4 is 11.9 Å². The molecule has 2 aliphatic heterocycles. The van der Waals surface area contributed by atoms with Crippen LogP contribution in [0.4, 0.5) is 0 Å². The van der Waals surface area contributed by atoms with Gasteiger partial charge in [0.2, 0.25) is 0 Å². The van der Waals surface area contributed by atoms with E-state index in [2.05, 4.69) is 13.8 Å². The Morgan fingerprint density at radius 2 is 1.92 bits per heavy atom. The predicted octanol–water partition coefficient (Wildman–Crippen LogP) is 2.03. The van der Waals surface area contributed by atoms with Crippen molar-refractivity contribution < 1.29 is 28.5 Å². The highest BCUT2D eigenvalue weighted by Crippen LogP contribution is 2.64. The van der Waals surface area contributed by atoms with Crippen molar-refractivity contribution in [2.45, 2.75) is 33.1 Å². The van der Waals surface area contributed by atoms with E-state index in [1.165, 1.54) is 7.11 Å². The maximum Gasteiger partial charge on any atom is 0.312 e. The molecule has 0 spiro atoms. The normalized spacial score (nSPS) is 39.6. The van der Waals surface area contributed by atoms with Gasteiger partial charge in [0.05, 0.1) is 38.3 Å². The largest absolute Gasteiger partial charge is 0.469 e. The average molecular weight is 336 g/mol. The number of esters is 2. The number of cyclic esters (lactones) is 1. The van der Waals surface area contributed by atoms with Crippen LogP contribution in [0.3, 0.4) is 0 Å². The van der Waals surface area contributed by atoms with Crippen LogP contribution in [0.5, 0.6) is 0 Å². The van der Waals surface area contributed by atoms with Gasteiger partial charge in [0.15, 0.2) is 0 Å². The van der Waals surface area contributed by atoms with Crippen LogP contribution in [0.15, 0.2) is 11.5 Å². The number of carbonyl (C=O) groups excluding carboxylic acids is 2. The zero-order valence-electron chi connectivity index (χ0n) is 14.4. The summed E-state index contributed by atoms with van der Waals surface area (Å²) in [6.07, 6.45) is 1.95. The Hall–Kier alpha value is -1.72. The highest BCUT2D eigenvalue weighted by molar-refractivity contribution is 5.84. The summed E-state index contributed by atoms with van der Waals surface area (Å²) in [5, 5.41) is 0. The van der Waals surface area contributed by atoms with Gasteiger partial charge < -0.3 is 18.9 Å². The minimum atomic E-state index is -0.673. The molecule has 0 N–H and O–H groups in total. The molecule has 6 nitrogen and oxygen atoms in total. The molecule has 0 unspecified atom stereocenters. The molecule has 0 amide bonds. The van der Waals surface area contributed by atoms with Crippen LogP contribution in [0.2, 0.25) is 0 Å².